The number of nitrogens with one attached hydrogen (secondary N) is 2. The minimum Gasteiger partial charge on any atom is -0.394 e. The van der Waals surface area contributed by atoms with Crippen LogP contribution in [0, 0.1) is 0 Å². The molecule has 8 fully saturated rings. The summed E-state index contributed by atoms with van der Waals surface area (Å²) in [6.45, 7) is -2.04. The Bertz CT molecular complexity index is 2350. The molecule has 8 aliphatic heterocycles. The van der Waals surface area contributed by atoms with E-state index >= 15 is 0 Å². The van der Waals surface area contributed by atoms with Gasteiger partial charge in [-0.2, -0.15) is 0 Å². The molecule has 1 unspecified atom stereocenters. The molecule has 540 valence electrons. The van der Waals surface area contributed by atoms with E-state index < -0.39 is 297 Å². The molecule has 0 saturated carbocycles. The van der Waals surface area contributed by atoms with Crippen LogP contribution in [0.3, 0.4) is 0 Å². The van der Waals surface area contributed by atoms with E-state index in [2.05, 4.69) is 10.6 Å². The summed E-state index contributed by atoms with van der Waals surface area (Å²) in [5.41, 5.74) is 0. The van der Waals surface area contributed by atoms with Gasteiger partial charge in [0.2, 0.25) is 11.8 Å². The minimum absolute atomic E-state index is 0.936. The Labute approximate surface area is 527 Å². The summed E-state index contributed by atoms with van der Waals surface area (Å²) in [6, 6.07) is -3.89. The molecule has 8 saturated heterocycles. The van der Waals surface area contributed by atoms with Gasteiger partial charge in [0.25, 0.3) is 0 Å². The molecule has 8 rings (SSSR count). The lowest BCUT2D eigenvalue weighted by Crippen LogP contribution is -2.71. The van der Waals surface area contributed by atoms with Gasteiger partial charge in [0, 0.05) is 13.8 Å². The van der Waals surface area contributed by atoms with Crippen LogP contribution in [0.1, 0.15) is 27.7 Å². The standard InChI is InChI=1S/C52H88N2O39/c1-11-23(63)30(70)35(75)48(79-11)92-43-32(72)25(65)15(5-55)84-51(43)89-40-22(54-14(4)62)47(82-16(6-56)26(40)66)91-42-28(68)18(8-58)85-52(44(42)93-49-36(76)31(71)24(64)12(2)80-49)88-38-20(10-60)86-46(21(29(38)69)53-13(3)61)90-41-27(67)17(7-57)83-50(37(41)77)87-39-19(9-59)81-45(78)34(74)33(39)73/h11-12,15-52,55-60,63-78H,5-10H2,1-4H3,(H,53,61)(H,54,62)/t11-,12-,15+,16+,17+,18+,19+,20+,21+,22+,23+,24+,25-,26+,27-,28-,29+,30+,31+,32-,33+,34+,35-,36-,37+,38+,39+,40+,41-,42-,43+,44+,45?,46-,47+,48-,49-,50-,51-,52-/m0/s1. The maximum absolute atomic E-state index is 13.2. The number of aliphatic hydroxyl groups is 22. The Morgan fingerprint density at radius 3 is 1.13 bits per heavy atom. The van der Waals surface area contributed by atoms with E-state index in [4.69, 9.17) is 71.1 Å². The summed E-state index contributed by atoms with van der Waals surface area (Å²) < 4.78 is 88.5. The van der Waals surface area contributed by atoms with Crippen LogP contribution in [0.15, 0.2) is 0 Å². The van der Waals surface area contributed by atoms with Crippen LogP contribution in [-0.2, 0) is 80.6 Å². The fourth-order valence-corrected chi connectivity index (χ4v) is 12.1. The van der Waals surface area contributed by atoms with E-state index in [1.54, 1.807) is 0 Å². The third-order valence-electron chi connectivity index (χ3n) is 17.4. The molecule has 2 amide bonds. The lowest BCUT2D eigenvalue weighted by molar-refractivity contribution is -0.406. The van der Waals surface area contributed by atoms with Gasteiger partial charge in [0.05, 0.1) is 51.8 Å². The molecule has 41 heteroatoms. The molecule has 0 spiro atoms. The number of amides is 2. The maximum atomic E-state index is 13.2. The van der Waals surface area contributed by atoms with Crippen LogP contribution >= 0.6 is 0 Å². The number of hydrogen-bond donors (Lipinski definition) is 24. The number of hydrogen-bond acceptors (Lipinski definition) is 39. The molecule has 0 aromatic rings. The largest absolute Gasteiger partial charge is 0.394 e. The third-order valence-corrected chi connectivity index (χ3v) is 17.4. The zero-order valence-electron chi connectivity index (χ0n) is 50.1. The highest BCUT2D eigenvalue weighted by Crippen LogP contribution is 2.40. The van der Waals surface area contributed by atoms with Crippen molar-refractivity contribution in [2.24, 2.45) is 0 Å². The first-order valence-corrected chi connectivity index (χ1v) is 29.9. The molecule has 40 atom stereocenters. The van der Waals surface area contributed by atoms with Crippen molar-refractivity contribution >= 4 is 11.8 Å². The zero-order valence-corrected chi connectivity index (χ0v) is 50.1. The lowest BCUT2D eigenvalue weighted by Gasteiger charge is -2.52. The van der Waals surface area contributed by atoms with E-state index in [1.807, 2.05) is 0 Å². The molecule has 8 aliphatic rings. The second-order valence-electron chi connectivity index (χ2n) is 23.8. The van der Waals surface area contributed by atoms with E-state index in [-0.39, 0.29) is 0 Å². The first kappa shape index (κ1) is 76.2. The van der Waals surface area contributed by atoms with Gasteiger partial charge in [-0.3, -0.25) is 9.59 Å². The topological polar surface area (TPSA) is 642 Å². The Balaban J connectivity index is 1.12. The Morgan fingerprint density at radius 2 is 0.613 bits per heavy atom. The quantitative estimate of drug-likeness (QED) is 0.0479. The van der Waals surface area contributed by atoms with Gasteiger partial charge in [0.15, 0.2) is 50.3 Å². The maximum Gasteiger partial charge on any atom is 0.217 e. The summed E-state index contributed by atoms with van der Waals surface area (Å²) in [5.74, 6) is -1.89. The van der Waals surface area contributed by atoms with Gasteiger partial charge in [0.1, 0.15) is 183 Å². The average Bonchev–Trinajstić information content (AvgIpc) is 0.797. The molecular formula is C52H88N2O39. The summed E-state index contributed by atoms with van der Waals surface area (Å²) in [6.07, 6.45) is -75.2. The Kier molecular flexibility index (Phi) is 26.7. The van der Waals surface area contributed by atoms with Crippen molar-refractivity contribution in [3.05, 3.63) is 0 Å². The Hall–Kier alpha value is -2.54. The van der Waals surface area contributed by atoms with Crippen LogP contribution in [-0.4, -0.2) is 409 Å². The molecule has 0 bridgehead atoms. The predicted molar refractivity (Wildman–Crippen MR) is 285 cm³/mol. The monoisotopic (exact) mass is 1360 g/mol. The normalized spacial score (nSPS) is 51.6. The van der Waals surface area contributed by atoms with Gasteiger partial charge >= 0.3 is 0 Å². The molecule has 41 nitrogen and oxygen atoms in total. The number of carbonyl (C=O) groups is 2. The molecule has 93 heavy (non-hydrogen) atoms. The SMILES string of the molecule is CC(=O)N[C@H]1[C@H](O[C@H]2[C@@H](O)[C@@H](CO)O[C@@H](O[C@H]3[C@H](O)[C@@H](O)C(O)O[C@@H]3CO)[C@@H]2O)O[C@H](CO)[C@@H](O[C@@H]2O[C@H](CO)[C@H](O)[C@H](O[C@H]3O[C@H](CO)[C@@H](O)[C@H](O[C@@H]4O[C@H](CO)[C@H](O)[C@H](O)[C@H]4O[C@@H]4O[C@@H](C)[C@@H](O)[C@@H](O)[C@@H]4O)[C@H]3NC(C)=O)[C@H]2O[C@@H]2O[C@@H](C)[C@@H](O)[C@@H](O)[C@@H]2O)[C@@H]1O. The highest BCUT2D eigenvalue weighted by atomic mass is 16.8. The van der Waals surface area contributed by atoms with E-state index in [0.29, 0.717) is 0 Å². The van der Waals surface area contributed by atoms with E-state index in [0.717, 1.165) is 13.8 Å². The summed E-state index contributed by atoms with van der Waals surface area (Å²) >= 11 is 0. The summed E-state index contributed by atoms with van der Waals surface area (Å²) in [4.78, 5) is 26.2. The van der Waals surface area contributed by atoms with Gasteiger partial charge in [-0.05, 0) is 13.8 Å². The number of rotatable bonds is 22. The molecule has 8 heterocycles. The number of carbonyl (C=O) groups excluding carboxylic acids is 2. The van der Waals surface area contributed by atoms with Crippen molar-refractivity contribution in [2.75, 3.05) is 39.6 Å². The summed E-state index contributed by atoms with van der Waals surface area (Å²) in [5, 5.41) is 246. The van der Waals surface area contributed by atoms with Gasteiger partial charge < -0.3 is 194 Å². The smallest absolute Gasteiger partial charge is 0.217 e. The molecule has 0 aromatic heterocycles. The van der Waals surface area contributed by atoms with Crippen LogP contribution in [0.2, 0.25) is 0 Å². The van der Waals surface area contributed by atoms with Crippen LogP contribution in [0.5, 0.6) is 0 Å². The van der Waals surface area contributed by atoms with Crippen LogP contribution in [0.25, 0.3) is 0 Å². The van der Waals surface area contributed by atoms with Gasteiger partial charge in [-0.25, -0.2) is 0 Å². The van der Waals surface area contributed by atoms with Crippen molar-refractivity contribution in [2.45, 2.75) is 273 Å². The van der Waals surface area contributed by atoms with E-state index in [9.17, 15) is 122 Å². The minimum atomic E-state index is -2.28. The molecule has 24 N–H and O–H groups in total. The summed E-state index contributed by atoms with van der Waals surface area (Å²) in [7, 11) is 0. The van der Waals surface area contributed by atoms with Crippen LogP contribution < -0.4 is 10.6 Å². The highest BCUT2D eigenvalue weighted by Gasteiger charge is 2.61. The number of ether oxygens (including phenoxy) is 15. The van der Waals surface area contributed by atoms with Crippen molar-refractivity contribution in [1.29, 1.82) is 0 Å². The van der Waals surface area contributed by atoms with Crippen molar-refractivity contribution in [1.82, 2.24) is 10.6 Å². The fraction of sp³-hybridized carbons (Fsp3) is 0.962. The highest BCUT2D eigenvalue weighted by molar-refractivity contribution is 5.73. The van der Waals surface area contributed by atoms with Gasteiger partial charge in [-0.1, -0.05) is 0 Å². The lowest BCUT2D eigenvalue weighted by atomic mass is 9.93. The predicted octanol–water partition coefficient (Wildman–Crippen LogP) is -16.1. The zero-order chi connectivity index (χ0) is 68.5. The van der Waals surface area contributed by atoms with Crippen molar-refractivity contribution in [3.8, 4) is 0 Å². The molecule has 0 aliphatic carbocycles. The van der Waals surface area contributed by atoms with Crippen molar-refractivity contribution in [3.63, 3.8) is 0 Å². The Morgan fingerprint density at radius 1 is 0.280 bits per heavy atom. The first-order valence-electron chi connectivity index (χ1n) is 29.9. The third kappa shape index (κ3) is 16.2. The van der Waals surface area contributed by atoms with Crippen LogP contribution in [0.4, 0.5) is 0 Å². The van der Waals surface area contributed by atoms with Crippen molar-refractivity contribution < 1.29 is 193 Å². The second-order valence-corrected chi connectivity index (χ2v) is 23.8. The second kappa shape index (κ2) is 32.6. The fourth-order valence-electron chi connectivity index (χ4n) is 12.1. The molecular weight excluding hydrogens is 1280 g/mol. The van der Waals surface area contributed by atoms with Gasteiger partial charge in [-0.15, -0.1) is 0 Å². The average molecular weight is 1370 g/mol. The molecule has 0 radical (unpaired) electrons. The molecule has 0 aromatic carbocycles. The van der Waals surface area contributed by atoms with E-state index in [1.165, 1.54) is 13.8 Å². The number of aliphatic hydroxyl groups excluding tert-OH is 22. The first-order chi connectivity index (χ1) is 43.9.